The number of carboxylic acids is 1. The number of methoxy groups -OCH3 is 1. The lowest BCUT2D eigenvalue weighted by Gasteiger charge is -2.21. The third-order valence-corrected chi connectivity index (χ3v) is 4.23. The fourth-order valence-electron chi connectivity index (χ4n) is 3.02. The summed E-state index contributed by atoms with van der Waals surface area (Å²) in [6.07, 6.45) is 0.121. The summed E-state index contributed by atoms with van der Waals surface area (Å²) in [5.74, 6) is -1.22. The summed E-state index contributed by atoms with van der Waals surface area (Å²) in [5, 5.41) is 12.5. The molecule has 1 saturated heterocycles. The summed E-state index contributed by atoms with van der Waals surface area (Å²) in [6.45, 7) is 1.89. The number of benzene rings is 1. The molecule has 21 heavy (non-hydrogen) atoms. The van der Waals surface area contributed by atoms with Gasteiger partial charge < -0.3 is 20.1 Å². The highest BCUT2D eigenvalue weighted by atomic mass is 16.5. The predicted octanol–water partition coefficient (Wildman–Crippen LogP) is 0.604. The second kappa shape index (κ2) is 5.46. The van der Waals surface area contributed by atoms with Crippen LogP contribution in [0.4, 0.5) is 0 Å². The van der Waals surface area contributed by atoms with Crippen LogP contribution < -0.4 is 5.32 Å². The molecular formula is C15H18N2O4. The molecule has 1 aromatic carbocycles. The molecule has 2 N–H and O–H groups in total. The van der Waals surface area contributed by atoms with Gasteiger partial charge in [0.15, 0.2) is 0 Å². The highest BCUT2D eigenvalue weighted by molar-refractivity contribution is 5.97. The van der Waals surface area contributed by atoms with E-state index in [-0.39, 0.29) is 12.0 Å². The summed E-state index contributed by atoms with van der Waals surface area (Å²) in [6, 6.07) is 4.75. The number of nitrogens with one attached hydrogen (secondary N) is 1. The third-order valence-electron chi connectivity index (χ3n) is 4.23. The van der Waals surface area contributed by atoms with Gasteiger partial charge in [0.1, 0.15) is 6.04 Å². The van der Waals surface area contributed by atoms with Crippen LogP contribution in [0.5, 0.6) is 0 Å². The van der Waals surface area contributed by atoms with Crippen LogP contribution in [-0.2, 0) is 22.6 Å². The Balaban J connectivity index is 1.85. The number of carbonyl (C=O) groups is 2. The van der Waals surface area contributed by atoms with Crippen LogP contribution in [0.1, 0.15) is 27.9 Å². The number of carbonyl (C=O) groups excluding carboxylic acids is 1. The molecule has 2 aliphatic heterocycles. The maximum absolute atomic E-state index is 12.6. The van der Waals surface area contributed by atoms with Gasteiger partial charge in [-0.2, -0.15) is 0 Å². The number of fused-ring (bicyclic) bond motifs is 1. The Morgan fingerprint density at radius 1 is 1.33 bits per heavy atom. The van der Waals surface area contributed by atoms with Crippen molar-refractivity contribution in [1.82, 2.24) is 10.2 Å². The summed E-state index contributed by atoms with van der Waals surface area (Å²) in [4.78, 5) is 25.4. The van der Waals surface area contributed by atoms with E-state index in [1.54, 1.807) is 13.2 Å². The van der Waals surface area contributed by atoms with Gasteiger partial charge in [0, 0.05) is 38.7 Å². The van der Waals surface area contributed by atoms with Crippen LogP contribution in [0, 0.1) is 0 Å². The van der Waals surface area contributed by atoms with E-state index in [0.717, 1.165) is 18.7 Å². The third kappa shape index (κ3) is 2.52. The minimum Gasteiger partial charge on any atom is -0.480 e. The molecule has 0 aliphatic carbocycles. The van der Waals surface area contributed by atoms with Gasteiger partial charge >= 0.3 is 5.97 Å². The van der Waals surface area contributed by atoms with E-state index in [0.29, 0.717) is 18.5 Å². The van der Waals surface area contributed by atoms with Crippen molar-refractivity contribution in [2.75, 3.05) is 13.7 Å². The first-order valence-corrected chi connectivity index (χ1v) is 6.99. The minimum absolute atomic E-state index is 0.217. The Kier molecular flexibility index (Phi) is 3.65. The largest absolute Gasteiger partial charge is 0.480 e. The normalized spacial score (nSPS) is 24.1. The summed E-state index contributed by atoms with van der Waals surface area (Å²) < 4.78 is 5.21. The van der Waals surface area contributed by atoms with Gasteiger partial charge in [0.2, 0.25) is 0 Å². The van der Waals surface area contributed by atoms with Gasteiger partial charge in [-0.25, -0.2) is 4.79 Å². The van der Waals surface area contributed by atoms with E-state index < -0.39 is 12.0 Å². The second-order valence-corrected chi connectivity index (χ2v) is 5.49. The van der Waals surface area contributed by atoms with Crippen LogP contribution in [0.25, 0.3) is 0 Å². The smallest absolute Gasteiger partial charge is 0.326 e. The fourth-order valence-corrected chi connectivity index (χ4v) is 3.02. The van der Waals surface area contributed by atoms with Crippen LogP contribution in [0.15, 0.2) is 18.2 Å². The minimum atomic E-state index is -0.981. The molecule has 3 rings (SSSR count). The quantitative estimate of drug-likeness (QED) is 0.852. The van der Waals surface area contributed by atoms with Crippen molar-refractivity contribution in [3.05, 3.63) is 34.9 Å². The van der Waals surface area contributed by atoms with E-state index in [9.17, 15) is 14.7 Å². The number of nitrogens with zero attached hydrogens (tertiary/aromatic N) is 1. The van der Waals surface area contributed by atoms with E-state index in [1.807, 2.05) is 12.1 Å². The Hall–Kier alpha value is -1.92. The molecule has 2 atom stereocenters. The number of hydrogen-bond donors (Lipinski definition) is 2. The first-order valence-electron chi connectivity index (χ1n) is 6.99. The fraction of sp³-hybridized carbons (Fsp3) is 0.467. The standard InChI is InChI=1S/C15H18N2O4/c1-21-12-5-13(15(19)20)17(8-12)14(18)9-2-3-10-6-16-7-11(10)4-9/h2-4,12-13,16H,5-8H2,1H3,(H,19,20). The number of hydrogen-bond acceptors (Lipinski definition) is 4. The van der Waals surface area contributed by atoms with Gasteiger partial charge in [-0.1, -0.05) is 6.07 Å². The number of amides is 1. The number of ether oxygens (including phenoxy) is 1. The zero-order chi connectivity index (χ0) is 15.0. The number of aliphatic carboxylic acids is 1. The van der Waals surface area contributed by atoms with Gasteiger partial charge in [0.25, 0.3) is 5.91 Å². The van der Waals surface area contributed by atoms with Crippen LogP contribution in [-0.4, -0.2) is 47.7 Å². The van der Waals surface area contributed by atoms with E-state index in [2.05, 4.69) is 5.32 Å². The van der Waals surface area contributed by atoms with E-state index in [4.69, 9.17) is 4.74 Å². The molecule has 6 heteroatoms. The molecule has 2 unspecified atom stereocenters. The topological polar surface area (TPSA) is 78.9 Å². The summed E-state index contributed by atoms with van der Waals surface area (Å²) in [7, 11) is 1.54. The van der Waals surface area contributed by atoms with Crippen molar-refractivity contribution in [2.45, 2.75) is 31.7 Å². The highest BCUT2D eigenvalue weighted by Crippen LogP contribution is 2.24. The molecule has 0 bridgehead atoms. The number of carboxylic acid groups (broad SMARTS) is 1. The molecule has 0 radical (unpaired) electrons. The van der Waals surface area contributed by atoms with Gasteiger partial charge in [0.05, 0.1) is 6.10 Å². The second-order valence-electron chi connectivity index (χ2n) is 5.49. The highest BCUT2D eigenvalue weighted by Gasteiger charge is 2.40. The zero-order valence-electron chi connectivity index (χ0n) is 11.8. The number of rotatable bonds is 3. The van der Waals surface area contributed by atoms with E-state index >= 15 is 0 Å². The molecule has 0 aromatic heterocycles. The van der Waals surface area contributed by atoms with Crippen molar-refractivity contribution in [3.63, 3.8) is 0 Å². The van der Waals surface area contributed by atoms with Gasteiger partial charge in [-0.05, 0) is 23.3 Å². The van der Waals surface area contributed by atoms with Gasteiger partial charge in [-0.3, -0.25) is 4.79 Å². The van der Waals surface area contributed by atoms with Crippen molar-refractivity contribution >= 4 is 11.9 Å². The molecule has 0 spiro atoms. The van der Waals surface area contributed by atoms with Crippen molar-refractivity contribution in [2.24, 2.45) is 0 Å². The van der Waals surface area contributed by atoms with Gasteiger partial charge in [-0.15, -0.1) is 0 Å². The first-order chi connectivity index (χ1) is 10.1. The Morgan fingerprint density at radius 2 is 2.10 bits per heavy atom. The van der Waals surface area contributed by atoms with E-state index in [1.165, 1.54) is 10.5 Å². The average molecular weight is 290 g/mol. The lowest BCUT2D eigenvalue weighted by molar-refractivity contribution is -0.141. The van der Waals surface area contributed by atoms with Crippen molar-refractivity contribution < 1.29 is 19.4 Å². The lowest BCUT2D eigenvalue weighted by atomic mass is 10.1. The van der Waals surface area contributed by atoms with Crippen molar-refractivity contribution in [3.8, 4) is 0 Å². The first kappa shape index (κ1) is 14.0. The summed E-state index contributed by atoms with van der Waals surface area (Å²) >= 11 is 0. The molecule has 1 amide bonds. The van der Waals surface area contributed by atoms with Crippen molar-refractivity contribution in [1.29, 1.82) is 0 Å². The molecule has 2 aliphatic rings. The Morgan fingerprint density at radius 3 is 2.81 bits per heavy atom. The maximum Gasteiger partial charge on any atom is 0.326 e. The van der Waals surface area contributed by atoms with Crippen LogP contribution in [0.3, 0.4) is 0 Å². The summed E-state index contributed by atoms with van der Waals surface area (Å²) in [5.41, 5.74) is 2.84. The number of likely N-dealkylation sites (tertiary alicyclic amines) is 1. The monoisotopic (exact) mass is 290 g/mol. The Bertz CT molecular complexity index is 587. The molecule has 112 valence electrons. The molecule has 2 heterocycles. The maximum atomic E-state index is 12.6. The molecule has 1 fully saturated rings. The molecular weight excluding hydrogens is 272 g/mol. The Labute approximate surface area is 122 Å². The molecule has 6 nitrogen and oxygen atoms in total. The SMILES string of the molecule is COC1CC(C(=O)O)N(C(=O)c2ccc3c(c2)CNC3)C1. The molecule has 1 aromatic rings. The lowest BCUT2D eigenvalue weighted by Crippen LogP contribution is -2.40. The zero-order valence-corrected chi connectivity index (χ0v) is 11.8. The average Bonchev–Trinajstić information content (AvgIpc) is 3.11. The van der Waals surface area contributed by atoms with Crippen LogP contribution >= 0.6 is 0 Å². The molecule has 0 saturated carbocycles. The predicted molar refractivity (Wildman–Crippen MR) is 74.9 cm³/mol. The van der Waals surface area contributed by atoms with Crippen LogP contribution in [0.2, 0.25) is 0 Å².